The van der Waals surface area contributed by atoms with E-state index in [-0.39, 0.29) is 11.2 Å². The number of rotatable bonds is 2. The van der Waals surface area contributed by atoms with Crippen LogP contribution in [0.4, 0.5) is 18.3 Å². The second-order valence-corrected chi connectivity index (χ2v) is 4.50. The van der Waals surface area contributed by atoms with Crippen molar-refractivity contribution in [2.75, 3.05) is 31.2 Å². The van der Waals surface area contributed by atoms with Crippen molar-refractivity contribution >= 4 is 16.5 Å². The third-order valence-electron chi connectivity index (χ3n) is 2.40. The average Bonchev–Trinajstić information content (AvgIpc) is 2.77. The Morgan fingerprint density at radius 2 is 2.24 bits per heavy atom. The Morgan fingerprint density at radius 1 is 1.47 bits per heavy atom. The molecule has 1 aliphatic heterocycles. The molecule has 17 heavy (non-hydrogen) atoms. The molecular formula is C8H11F3N4OS. The van der Waals surface area contributed by atoms with E-state index in [0.29, 0.717) is 37.6 Å². The Bertz CT molecular complexity index is 383. The van der Waals surface area contributed by atoms with Gasteiger partial charge in [-0.25, -0.2) is 0 Å². The molecule has 0 aliphatic carbocycles. The molecule has 0 amide bonds. The summed E-state index contributed by atoms with van der Waals surface area (Å²) in [7, 11) is 0. The maximum absolute atomic E-state index is 12.4. The van der Waals surface area contributed by atoms with Gasteiger partial charge >= 0.3 is 6.18 Å². The Hall–Kier alpha value is -0.930. The molecule has 1 fully saturated rings. The van der Waals surface area contributed by atoms with Crippen LogP contribution in [0.5, 0.6) is 0 Å². The number of ether oxygens (including phenoxy) is 1. The van der Waals surface area contributed by atoms with E-state index in [1.807, 2.05) is 0 Å². The van der Waals surface area contributed by atoms with Gasteiger partial charge in [0.15, 0.2) is 0 Å². The summed E-state index contributed by atoms with van der Waals surface area (Å²) in [6.07, 6.45) is -4.44. The summed E-state index contributed by atoms with van der Waals surface area (Å²) in [6, 6.07) is -0.141. The molecule has 0 radical (unpaired) electrons. The number of hydrogen-bond acceptors (Lipinski definition) is 6. The first-order chi connectivity index (χ1) is 8.02. The Kier molecular flexibility index (Phi) is 3.50. The summed E-state index contributed by atoms with van der Waals surface area (Å²) in [4.78, 5) is 1.72. The normalized spacial score (nSPS) is 21.9. The Balaban J connectivity index is 2.18. The van der Waals surface area contributed by atoms with Gasteiger partial charge < -0.3 is 15.4 Å². The van der Waals surface area contributed by atoms with Gasteiger partial charge in [-0.15, -0.1) is 10.2 Å². The van der Waals surface area contributed by atoms with Crippen molar-refractivity contribution in [2.45, 2.75) is 12.2 Å². The molecule has 9 heteroatoms. The van der Waals surface area contributed by atoms with Crippen molar-refractivity contribution in [1.82, 2.24) is 10.2 Å². The zero-order chi connectivity index (χ0) is 12.5. The second kappa shape index (κ2) is 4.75. The van der Waals surface area contributed by atoms with E-state index in [2.05, 4.69) is 10.2 Å². The number of nitrogens with two attached hydrogens (primary N) is 1. The van der Waals surface area contributed by atoms with Gasteiger partial charge in [0.25, 0.3) is 0 Å². The van der Waals surface area contributed by atoms with E-state index < -0.39 is 11.2 Å². The van der Waals surface area contributed by atoms with E-state index in [1.165, 1.54) is 0 Å². The number of nitrogens with zero attached hydrogens (tertiary/aromatic N) is 3. The standard InChI is InChI=1S/C8H11F3N4OS/c9-8(10,11)6-13-14-7(17-6)15-1-2-16-4-5(15)3-12/h5H,1-4,12H2. The van der Waals surface area contributed by atoms with E-state index in [0.717, 1.165) is 0 Å². The molecule has 1 aromatic rings. The third kappa shape index (κ3) is 2.67. The molecular weight excluding hydrogens is 257 g/mol. The van der Waals surface area contributed by atoms with Crippen LogP contribution in [0.2, 0.25) is 0 Å². The minimum Gasteiger partial charge on any atom is -0.377 e. The van der Waals surface area contributed by atoms with Crippen molar-refractivity contribution in [3.05, 3.63) is 5.01 Å². The van der Waals surface area contributed by atoms with E-state index >= 15 is 0 Å². The first-order valence-corrected chi connectivity index (χ1v) is 5.79. The van der Waals surface area contributed by atoms with Crippen LogP contribution in [0.25, 0.3) is 0 Å². The fourth-order valence-corrected chi connectivity index (χ4v) is 2.36. The van der Waals surface area contributed by atoms with E-state index in [9.17, 15) is 13.2 Å². The van der Waals surface area contributed by atoms with Crippen LogP contribution < -0.4 is 10.6 Å². The highest BCUT2D eigenvalue weighted by atomic mass is 32.1. The highest BCUT2D eigenvalue weighted by molar-refractivity contribution is 7.15. The lowest BCUT2D eigenvalue weighted by molar-refractivity contribution is -0.138. The van der Waals surface area contributed by atoms with Crippen molar-refractivity contribution in [2.24, 2.45) is 5.73 Å². The predicted octanol–water partition coefficient (Wildman–Crippen LogP) is 0.721. The molecule has 1 aliphatic rings. The molecule has 2 rings (SSSR count). The Labute approximate surface area is 99.4 Å². The summed E-state index contributed by atoms with van der Waals surface area (Å²) in [5, 5.41) is 6.03. The van der Waals surface area contributed by atoms with E-state index in [4.69, 9.17) is 10.5 Å². The maximum Gasteiger partial charge on any atom is 0.445 e. The number of aromatic nitrogens is 2. The van der Waals surface area contributed by atoms with Crippen LogP contribution in [0.3, 0.4) is 0 Å². The largest absolute Gasteiger partial charge is 0.445 e. The minimum atomic E-state index is -4.44. The third-order valence-corrected chi connectivity index (χ3v) is 3.41. The van der Waals surface area contributed by atoms with Crippen LogP contribution in [0.15, 0.2) is 0 Å². The molecule has 2 heterocycles. The van der Waals surface area contributed by atoms with Gasteiger partial charge in [0.2, 0.25) is 10.1 Å². The number of morpholine rings is 1. The molecule has 1 saturated heterocycles. The average molecular weight is 268 g/mol. The fourth-order valence-electron chi connectivity index (χ4n) is 1.55. The van der Waals surface area contributed by atoms with Gasteiger partial charge in [0, 0.05) is 13.1 Å². The second-order valence-electron chi connectivity index (χ2n) is 3.55. The molecule has 0 aromatic carbocycles. The van der Waals surface area contributed by atoms with Gasteiger partial charge in [-0.1, -0.05) is 11.3 Å². The molecule has 1 aromatic heterocycles. The summed E-state index contributed by atoms with van der Waals surface area (Å²) < 4.78 is 42.4. The number of anilines is 1. The SMILES string of the molecule is NCC1COCCN1c1nnc(C(F)(F)F)s1. The fraction of sp³-hybridized carbons (Fsp3) is 0.750. The van der Waals surface area contributed by atoms with Crippen molar-refractivity contribution in [3.8, 4) is 0 Å². The van der Waals surface area contributed by atoms with Crippen LogP contribution >= 0.6 is 11.3 Å². The summed E-state index contributed by atoms with van der Waals surface area (Å²) in [6.45, 7) is 1.64. The van der Waals surface area contributed by atoms with Gasteiger partial charge in [-0.3, -0.25) is 0 Å². The highest BCUT2D eigenvalue weighted by Gasteiger charge is 2.37. The molecule has 0 spiro atoms. The summed E-state index contributed by atoms with van der Waals surface area (Å²) in [5.74, 6) is 0. The van der Waals surface area contributed by atoms with Crippen LogP contribution in [0, 0.1) is 0 Å². The van der Waals surface area contributed by atoms with Gasteiger partial charge in [-0.05, 0) is 0 Å². The molecule has 1 atom stereocenters. The van der Waals surface area contributed by atoms with Crippen LogP contribution in [-0.4, -0.2) is 42.5 Å². The van der Waals surface area contributed by atoms with Crippen LogP contribution in [-0.2, 0) is 10.9 Å². The molecule has 96 valence electrons. The predicted molar refractivity (Wildman–Crippen MR) is 55.9 cm³/mol. The zero-order valence-electron chi connectivity index (χ0n) is 8.78. The summed E-state index contributed by atoms with van der Waals surface area (Å²) in [5.41, 5.74) is 5.54. The highest BCUT2D eigenvalue weighted by Crippen LogP contribution is 2.35. The topological polar surface area (TPSA) is 64.3 Å². The quantitative estimate of drug-likeness (QED) is 0.856. The first-order valence-electron chi connectivity index (χ1n) is 4.97. The zero-order valence-corrected chi connectivity index (χ0v) is 9.59. The maximum atomic E-state index is 12.4. The van der Waals surface area contributed by atoms with Crippen molar-refractivity contribution in [1.29, 1.82) is 0 Å². The number of alkyl halides is 3. The lowest BCUT2D eigenvalue weighted by atomic mass is 10.2. The first kappa shape index (κ1) is 12.5. The molecule has 0 saturated carbocycles. The van der Waals surface area contributed by atoms with E-state index in [1.54, 1.807) is 4.90 Å². The monoisotopic (exact) mass is 268 g/mol. The Morgan fingerprint density at radius 3 is 2.82 bits per heavy atom. The molecule has 0 bridgehead atoms. The lowest BCUT2D eigenvalue weighted by Crippen LogP contribution is -2.49. The number of halogens is 3. The van der Waals surface area contributed by atoms with Crippen molar-refractivity contribution in [3.63, 3.8) is 0 Å². The molecule has 2 N–H and O–H groups in total. The van der Waals surface area contributed by atoms with Gasteiger partial charge in [0.1, 0.15) is 0 Å². The smallest absolute Gasteiger partial charge is 0.377 e. The minimum absolute atomic E-state index is 0.141. The van der Waals surface area contributed by atoms with Gasteiger partial charge in [0.05, 0.1) is 19.3 Å². The number of hydrogen-bond donors (Lipinski definition) is 1. The summed E-state index contributed by atoms with van der Waals surface area (Å²) >= 11 is 0.533. The van der Waals surface area contributed by atoms with Crippen LogP contribution in [0.1, 0.15) is 5.01 Å². The molecule has 5 nitrogen and oxygen atoms in total. The lowest BCUT2D eigenvalue weighted by Gasteiger charge is -2.34. The van der Waals surface area contributed by atoms with Gasteiger partial charge in [-0.2, -0.15) is 13.2 Å². The van der Waals surface area contributed by atoms with Crippen molar-refractivity contribution < 1.29 is 17.9 Å². The molecule has 1 unspecified atom stereocenters.